The Bertz CT molecular complexity index is 1510. The summed E-state index contributed by atoms with van der Waals surface area (Å²) >= 11 is 0. The molecule has 0 fully saturated rings. The van der Waals surface area contributed by atoms with Crippen molar-refractivity contribution in [2.45, 2.75) is 132 Å². The summed E-state index contributed by atoms with van der Waals surface area (Å²) in [6, 6.07) is 10.6. The van der Waals surface area contributed by atoms with Gasteiger partial charge in [0.1, 0.15) is 23.2 Å². The van der Waals surface area contributed by atoms with Crippen LogP contribution >= 0.6 is 7.75 Å². The summed E-state index contributed by atoms with van der Waals surface area (Å²) in [5.41, 5.74) is 2.91. The first-order valence-corrected chi connectivity index (χ1v) is 20.9. The SMILES string of the molecule is CCCCCCN(CC(CC)CCCC)c1cc(N(CC)P(=O)(O)O)c(N=Nc2ccc(C#N)cc2C#N)c(CC)c1OCC(CC)CCCC. The average molecular weight is 723 g/mol. The standard InChI is InChI=1S/C40H63N6O4P/c1-8-15-18-19-24-45(29-31(11-4)20-16-9-2)38-26-37(46(14-7)51(47,48)49)39(44-43-36-23-22-33(27-41)25-34(36)28-42)35(13-6)40(38)50-30-32(12-5)21-17-10-3/h22-23,25-26,31-32H,8-21,24,29-30H2,1-7H3,(H2,47,48,49). The van der Waals surface area contributed by atoms with Crippen LogP contribution in [0.3, 0.4) is 0 Å². The topological polar surface area (TPSA) is 146 Å². The minimum Gasteiger partial charge on any atom is -0.491 e. The molecule has 0 saturated heterocycles. The summed E-state index contributed by atoms with van der Waals surface area (Å²) < 4.78 is 21.1. The van der Waals surface area contributed by atoms with E-state index in [2.05, 4.69) is 55.8 Å². The van der Waals surface area contributed by atoms with Crippen molar-refractivity contribution < 1.29 is 19.1 Å². The van der Waals surface area contributed by atoms with Crippen LogP contribution < -0.4 is 14.3 Å². The molecular weight excluding hydrogens is 659 g/mol. The maximum absolute atomic E-state index is 13.1. The molecule has 0 aliphatic rings. The van der Waals surface area contributed by atoms with E-state index in [0.29, 0.717) is 41.9 Å². The van der Waals surface area contributed by atoms with E-state index in [-0.39, 0.29) is 23.5 Å². The van der Waals surface area contributed by atoms with Crippen LogP contribution in [-0.2, 0) is 11.0 Å². The number of benzene rings is 2. The second-order valence-electron chi connectivity index (χ2n) is 13.5. The molecule has 0 bridgehead atoms. The predicted molar refractivity (Wildman–Crippen MR) is 209 cm³/mol. The van der Waals surface area contributed by atoms with Crippen molar-refractivity contribution in [3.8, 4) is 17.9 Å². The van der Waals surface area contributed by atoms with Gasteiger partial charge in [-0.15, -0.1) is 10.2 Å². The first kappa shape index (κ1) is 43.7. The number of nitriles is 2. The van der Waals surface area contributed by atoms with Crippen molar-refractivity contribution in [2.24, 2.45) is 22.1 Å². The quantitative estimate of drug-likeness (QED) is 0.0585. The second kappa shape index (κ2) is 23.2. The Kier molecular flexibility index (Phi) is 19.9. The molecule has 11 heteroatoms. The number of hydrogen-bond donors (Lipinski definition) is 2. The van der Waals surface area contributed by atoms with Gasteiger partial charge in [-0.1, -0.05) is 99.3 Å². The van der Waals surface area contributed by atoms with Gasteiger partial charge in [-0.2, -0.15) is 10.5 Å². The highest BCUT2D eigenvalue weighted by molar-refractivity contribution is 7.53. The minimum absolute atomic E-state index is 0.0371. The Morgan fingerprint density at radius 1 is 0.824 bits per heavy atom. The summed E-state index contributed by atoms with van der Waals surface area (Å²) in [6.07, 6.45) is 13.5. The zero-order chi connectivity index (χ0) is 37.8. The van der Waals surface area contributed by atoms with E-state index in [9.17, 15) is 24.9 Å². The maximum Gasteiger partial charge on any atom is 0.430 e. The lowest BCUT2D eigenvalue weighted by Gasteiger charge is -2.34. The van der Waals surface area contributed by atoms with E-state index in [0.717, 1.165) is 106 Å². The molecule has 0 aromatic heterocycles. The van der Waals surface area contributed by atoms with Crippen molar-refractivity contribution in [3.63, 3.8) is 0 Å². The fourth-order valence-corrected chi connectivity index (χ4v) is 7.26. The molecule has 0 radical (unpaired) electrons. The average Bonchev–Trinajstić information content (AvgIpc) is 3.13. The molecule has 10 nitrogen and oxygen atoms in total. The van der Waals surface area contributed by atoms with Crippen LogP contribution in [-0.4, -0.2) is 36.0 Å². The molecule has 2 aromatic carbocycles. The zero-order valence-electron chi connectivity index (χ0n) is 32.3. The Labute approximate surface area is 308 Å². The summed E-state index contributed by atoms with van der Waals surface area (Å²) in [6.45, 7) is 16.9. The maximum atomic E-state index is 13.1. The van der Waals surface area contributed by atoms with Crippen molar-refractivity contribution in [1.82, 2.24) is 0 Å². The molecule has 0 spiro atoms. The number of ether oxygens (including phenoxy) is 1. The van der Waals surface area contributed by atoms with E-state index in [1.165, 1.54) is 6.07 Å². The number of unbranched alkanes of at least 4 members (excludes halogenated alkanes) is 5. The Morgan fingerprint density at radius 3 is 2.04 bits per heavy atom. The molecule has 0 saturated carbocycles. The van der Waals surface area contributed by atoms with Gasteiger partial charge in [0.15, 0.2) is 0 Å². The van der Waals surface area contributed by atoms with Crippen molar-refractivity contribution in [1.29, 1.82) is 10.5 Å². The Hall–Kier alpha value is -3.43. The highest BCUT2D eigenvalue weighted by atomic mass is 31.2. The lowest BCUT2D eigenvalue weighted by Crippen LogP contribution is -2.32. The lowest BCUT2D eigenvalue weighted by molar-refractivity contribution is 0.232. The molecular formula is C40H63N6O4P. The van der Waals surface area contributed by atoms with Gasteiger partial charge >= 0.3 is 7.75 Å². The van der Waals surface area contributed by atoms with Gasteiger partial charge in [-0.25, -0.2) is 4.57 Å². The molecule has 0 aliphatic heterocycles. The number of azo groups is 1. The van der Waals surface area contributed by atoms with Gasteiger partial charge in [0.25, 0.3) is 0 Å². The Balaban J connectivity index is 3.00. The summed E-state index contributed by atoms with van der Waals surface area (Å²) in [4.78, 5) is 23.7. The molecule has 51 heavy (non-hydrogen) atoms. The largest absolute Gasteiger partial charge is 0.491 e. The fraction of sp³-hybridized carbons (Fsp3) is 0.650. The van der Waals surface area contributed by atoms with E-state index >= 15 is 0 Å². The molecule has 2 unspecified atom stereocenters. The molecule has 2 rings (SSSR count). The third-order valence-electron chi connectivity index (χ3n) is 9.71. The summed E-state index contributed by atoms with van der Waals surface area (Å²) in [5, 5.41) is 28.3. The highest BCUT2D eigenvalue weighted by Gasteiger charge is 2.32. The van der Waals surface area contributed by atoms with Gasteiger partial charge in [-0.05, 0) is 68.7 Å². The molecule has 0 amide bonds. The third kappa shape index (κ3) is 13.2. The minimum atomic E-state index is -4.78. The number of anilines is 2. The van der Waals surface area contributed by atoms with Gasteiger partial charge in [0, 0.05) is 25.2 Å². The molecule has 0 aliphatic carbocycles. The van der Waals surface area contributed by atoms with Crippen LogP contribution in [0.25, 0.3) is 0 Å². The van der Waals surface area contributed by atoms with Crippen molar-refractivity contribution in [3.05, 3.63) is 41.0 Å². The lowest BCUT2D eigenvalue weighted by atomic mass is 9.97. The molecule has 2 atom stereocenters. The summed E-state index contributed by atoms with van der Waals surface area (Å²) in [7, 11) is -4.78. The normalized spacial score (nSPS) is 12.8. The predicted octanol–water partition coefficient (Wildman–Crippen LogP) is 11.5. The van der Waals surface area contributed by atoms with Crippen molar-refractivity contribution >= 4 is 30.5 Å². The monoisotopic (exact) mass is 722 g/mol. The van der Waals surface area contributed by atoms with Gasteiger partial charge < -0.3 is 19.4 Å². The van der Waals surface area contributed by atoms with E-state index in [1.807, 2.05) is 19.1 Å². The Morgan fingerprint density at radius 2 is 1.49 bits per heavy atom. The van der Waals surface area contributed by atoms with Gasteiger partial charge in [0.05, 0.1) is 35.2 Å². The highest BCUT2D eigenvalue weighted by Crippen LogP contribution is 2.53. The van der Waals surface area contributed by atoms with Crippen LogP contribution in [0.1, 0.15) is 142 Å². The van der Waals surface area contributed by atoms with E-state index < -0.39 is 7.75 Å². The van der Waals surface area contributed by atoms with E-state index in [1.54, 1.807) is 19.1 Å². The number of hydrogen-bond acceptors (Lipinski definition) is 7. The number of nitrogens with zero attached hydrogens (tertiary/aromatic N) is 6. The molecule has 2 N–H and O–H groups in total. The van der Waals surface area contributed by atoms with Crippen LogP contribution in [0.5, 0.6) is 5.75 Å². The molecule has 282 valence electrons. The van der Waals surface area contributed by atoms with Crippen LogP contribution in [0.2, 0.25) is 0 Å². The third-order valence-corrected chi connectivity index (χ3v) is 10.8. The van der Waals surface area contributed by atoms with Crippen LogP contribution in [0, 0.1) is 34.5 Å². The summed E-state index contributed by atoms with van der Waals surface area (Å²) in [5.74, 6) is 1.50. The van der Waals surface area contributed by atoms with E-state index in [4.69, 9.17) is 4.74 Å². The fourth-order valence-electron chi connectivity index (χ4n) is 6.46. The van der Waals surface area contributed by atoms with Crippen LogP contribution in [0.4, 0.5) is 22.7 Å². The molecule has 0 heterocycles. The van der Waals surface area contributed by atoms with Gasteiger partial charge in [-0.3, -0.25) is 4.67 Å². The first-order chi connectivity index (χ1) is 24.6. The number of rotatable bonds is 25. The smallest absolute Gasteiger partial charge is 0.430 e. The molecule has 2 aromatic rings. The first-order valence-electron chi connectivity index (χ1n) is 19.3. The van der Waals surface area contributed by atoms with Crippen LogP contribution in [0.15, 0.2) is 34.5 Å². The van der Waals surface area contributed by atoms with Gasteiger partial charge in [0.2, 0.25) is 0 Å². The zero-order valence-corrected chi connectivity index (χ0v) is 33.2. The van der Waals surface area contributed by atoms with Crippen molar-refractivity contribution in [2.75, 3.05) is 35.8 Å². The second-order valence-corrected chi connectivity index (χ2v) is 15.0.